The van der Waals surface area contributed by atoms with Crippen molar-refractivity contribution in [3.05, 3.63) is 96.1 Å². The summed E-state index contributed by atoms with van der Waals surface area (Å²) in [6.45, 7) is 0. The molecule has 5 rings (SSSR count). The van der Waals surface area contributed by atoms with Crippen LogP contribution in [-0.2, 0) is 22.4 Å². The average Bonchev–Trinajstić information content (AvgIpc) is 3.30. The highest BCUT2D eigenvalue weighted by Gasteiger charge is 2.42. The van der Waals surface area contributed by atoms with Crippen molar-refractivity contribution in [3.8, 4) is 0 Å². The molecule has 1 fully saturated rings. The molecule has 0 saturated carbocycles. The molecular formula is C25H20FN3O2. The Morgan fingerprint density at radius 3 is 2.35 bits per heavy atom. The van der Waals surface area contributed by atoms with E-state index in [4.69, 9.17) is 4.98 Å². The van der Waals surface area contributed by atoms with Gasteiger partial charge < -0.3 is 4.57 Å². The lowest BCUT2D eigenvalue weighted by Crippen LogP contribution is -2.31. The van der Waals surface area contributed by atoms with Gasteiger partial charge in [-0.25, -0.2) is 14.3 Å². The van der Waals surface area contributed by atoms with Gasteiger partial charge in [-0.2, -0.15) is 0 Å². The third kappa shape index (κ3) is 3.50. The summed E-state index contributed by atoms with van der Waals surface area (Å²) in [6, 6.07) is 22.5. The smallest absolute Gasteiger partial charge is 0.257 e. The van der Waals surface area contributed by atoms with E-state index in [0.29, 0.717) is 12.1 Å². The molecule has 2 amide bonds. The standard InChI is InChI=1S/C25H20FN3O2/c26-18-11-13-19(14-12-18)28-24(30)16-22(25(28)31)29-21-9-5-4-8-20(21)27-23(29)15-10-17-6-2-1-3-7-17/h1-9,11-14,22H,10,15-16H2. The zero-order valence-corrected chi connectivity index (χ0v) is 16.7. The summed E-state index contributed by atoms with van der Waals surface area (Å²) < 4.78 is 15.2. The van der Waals surface area contributed by atoms with Crippen molar-refractivity contribution in [2.45, 2.75) is 25.3 Å². The molecule has 1 atom stereocenters. The number of benzene rings is 3. The second-order valence-corrected chi connectivity index (χ2v) is 7.64. The Balaban J connectivity index is 1.52. The second kappa shape index (κ2) is 7.80. The summed E-state index contributed by atoms with van der Waals surface area (Å²) in [4.78, 5) is 32.0. The average molecular weight is 413 g/mol. The van der Waals surface area contributed by atoms with Crippen LogP contribution in [0.4, 0.5) is 10.1 Å². The van der Waals surface area contributed by atoms with Crippen molar-refractivity contribution in [2.24, 2.45) is 0 Å². The van der Waals surface area contributed by atoms with Crippen LogP contribution in [0.5, 0.6) is 0 Å². The fourth-order valence-electron chi connectivity index (χ4n) is 4.20. The minimum atomic E-state index is -0.671. The number of carbonyl (C=O) groups excluding carboxylic acids is 2. The van der Waals surface area contributed by atoms with Crippen LogP contribution in [0.25, 0.3) is 11.0 Å². The molecule has 2 heterocycles. The number of halogens is 1. The third-order valence-corrected chi connectivity index (χ3v) is 5.67. The molecule has 4 aromatic rings. The molecule has 31 heavy (non-hydrogen) atoms. The maximum atomic E-state index is 13.3. The van der Waals surface area contributed by atoms with E-state index < -0.39 is 11.9 Å². The maximum Gasteiger partial charge on any atom is 0.257 e. The molecule has 5 nitrogen and oxygen atoms in total. The van der Waals surface area contributed by atoms with Crippen LogP contribution in [0.15, 0.2) is 78.9 Å². The van der Waals surface area contributed by atoms with Crippen molar-refractivity contribution in [2.75, 3.05) is 4.90 Å². The number of aryl methyl sites for hydroxylation is 2. The van der Waals surface area contributed by atoms with Crippen molar-refractivity contribution in [3.63, 3.8) is 0 Å². The lowest BCUT2D eigenvalue weighted by molar-refractivity contribution is -0.122. The molecule has 1 aromatic heterocycles. The molecule has 0 bridgehead atoms. The van der Waals surface area contributed by atoms with Gasteiger partial charge in [-0.05, 0) is 48.4 Å². The van der Waals surface area contributed by atoms with Gasteiger partial charge in [-0.15, -0.1) is 0 Å². The van der Waals surface area contributed by atoms with E-state index in [1.54, 1.807) is 0 Å². The predicted molar refractivity (Wildman–Crippen MR) is 116 cm³/mol. The Labute approximate surface area is 178 Å². The van der Waals surface area contributed by atoms with Crippen molar-refractivity contribution in [1.29, 1.82) is 0 Å². The Hall–Kier alpha value is -3.80. The Bertz CT molecular complexity index is 1270. The van der Waals surface area contributed by atoms with E-state index >= 15 is 0 Å². The number of aromatic nitrogens is 2. The number of imidazole rings is 1. The van der Waals surface area contributed by atoms with Crippen LogP contribution < -0.4 is 4.90 Å². The van der Waals surface area contributed by atoms with Crippen molar-refractivity contribution in [1.82, 2.24) is 9.55 Å². The molecule has 1 aliphatic rings. The highest BCUT2D eigenvalue weighted by Crippen LogP contribution is 2.33. The fourth-order valence-corrected chi connectivity index (χ4v) is 4.20. The van der Waals surface area contributed by atoms with Gasteiger partial charge >= 0.3 is 0 Å². The fraction of sp³-hybridized carbons (Fsp3) is 0.160. The first kappa shape index (κ1) is 19.2. The number of fused-ring (bicyclic) bond motifs is 1. The van der Waals surface area contributed by atoms with Gasteiger partial charge in [-0.3, -0.25) is 9.59 Å². The molecule has 1 aliphatic heterocycles. The van der Waals surface area contributed by atoms with Gasteiger partial charge in [0.2, 0.25) is 5.91 Å². The largest absolute Gasteiger partial charge is 0.315 e. The maximum absolute atomic E-state index is 13.3. The number of para-hydroxylation sites is 2. The topological polar surface area (TPSA) is 55.2 Å². The zero-order valence-electron chi connectivity index (χ0n) is 16.7. The van der Waals surface area contributed by atoms with Gasteiger partial charge in [0.25, 0.3) is 5.91 Å². The van der Waals surface area contributed by atoms with E-state index in [9.17, 15) is 14.0 Å². The van der Waals surface area contributed by atoms with Crippen LogP contribution in [0, 0.1) is 5.82 Å². The van der Waals surface area contributed by atoms with Crippen LogP contribution in [0.3, 0.4) is 0 Å². The van der Waals surface area contributed by atoms with Gasteiger partial charge in [0.15, 0.2) is 0 Å². The van der Waals surface area contributed by atoms with Crippen molar-refractivity contribution < 1.29 is 14.0 Å². The van der Waals surface area contributed by atoms with E-state index in [2.05, 4.69) is 12.1 Å². The Morgan fingerprint density at radius 2 is 1.58 bits per heavy atom. The summed E-state index contributed by atoms with van der Waals surface area (Å²) in [5, 5.41) is 0. The second-order valence-electron chi connectivity index (χ2n) is 7.64. The van der Waals surface area contributed by atoms with E-state index in [-0.39, 0.29) is 18.2 Å². The molecule has 0 spiro atoms. The van der Waals surface area contributed by atoms with Gasteiger partial charge in [-0.1, -0.05) is 42.5 Å². The Kier molecular flexibility index (Phi) is 4.82. The lowest BCUT2D eigenvalue weighted by atomic mass is 10.1. The molecule has 1 saturated heterocycles. The number of anilines is 1. The molecule has 3 aromatic carbocycles. The number of amides is 2. The summed E-state index contributed by atoms with van der Waals surface area (Å²) in [5.74, 6) is -0.255. The minimum Gasteiger partial charge on any atom is -0.315 e. The van der Waals surface area contributed by atoms with E-state index in [0.717, 1.165) is 28.2 Å². The monoisotopic (exact) mass is 413 g/mol. The number of imide groups is 1. The number of rotatable bonds is 5. The van der Waals surface area contributed by atoms with E-state index in [1.165, 1.54) is 29.8 Å². The van der Waals surface area contributed by atoms with Gasteiger partial charge in [0, 0.05) is 6.42 Å². The summed E-state index contributed by atoms with van der Waals surface area (Å²) in [6.07, 6.45) is 1.48. The predicted octanol–water partition coefficient (Wildman–Crippen LogP) is 4.47. The molecule has 6 heteroatoms. The first-order chi connectivity index (χ1) is 15.1. The molecule has 1 unspecified atom stereocenters. The first-order valence-corrected chi connectivity index (χ1v) is 10.2. The number of hydrogen-bond donors (Lipinski definition) is 0. The Morgan fingerprint density at radius 1 is 0.871 bits per heavy atom. The highest BCUT2D eigenvalue weighted by atomic mass is 19.1. The van der Waals surface area contributed by atoms with Crippen molar-refractivity contribution >= 4 is 28.5 Å². The van der Waals surface area contributed by atoms with Gasteiger partial charge in [0.1, 0.15) is 17.7 Å². The molecule has 0 aliphatic carbocycles. The normalized spacial score (nSPS) is 16.4. The minimum absolute atomic E-state index is 0.0505. The highest BCUT2D eigenvalue weighted by molar-refractivity contribution is 6.21. The number of hydrogen-bond acceptors (Lipinski definition) is 3. The quantitative estimate of drug-likeness (QED) is 0.454. The van der Waals surface area contributed by atoms with E-state index in [1.807, 2.05) is 47.0 Å². The summed E-state index contributed by atoms with van der Waals surface area (Å²) in [7, 11) is 0. The summed E-state index contributed by atoms with van der Waals surface area (Å²) >= 11 is 0. The zero-order chi connectivity index (χ0) is 21.4. The third-order valence-electron chi connectivity index (χ3n) is 5.67. The molecular weight excluding hydrogens is 393 g/mol. The molecule has 0 N–H and O–H groups in total. The van der Waals surface area contributed by atoms with Crippen LogP contribution in [0.1, 0.15) is 23.9 Å². The van der Waals surface area contributed by atoms with Crippen LogP contribution >= 0.6 is 0 Å². The number of nitrogens with zero attached hydrogens (tertiary/aromatic N) is 3. The number of carbonyl (C=O) groups is 2. The lowest BCUT2D eigenvalue weighted by Gasteiger charge is -2.17. The van der Waals surface area contributed by atoms with Gasteiger partial charge in [0.05, 0.1) is 23.1 Å². The van der Waals surface area contributed by atoms with Crippen LogP contribution in [0.2, 0.25) is 0 Å². The van der Waals surface area contributed by atoms with Crippen LogP contribution in [-0.4, -0.2) is 21.4 Å². The first-order valence-electron chi connectivity index (χ1n) is 10.2. The summed E-state index contributed by atoms with van der Waals surface area (Å²) in [5.41, 5.74) is 3.20. The molecule has 154 valence electrons. The SMILES string of the molecule is O=C1CC(n2c(CCc3ccccc3)nc3ccccc32)C(=O)N1c1ccc(F)cc1. The molecule has 0 radical (unpaired) electrons.